The maximum absolute atomic E-state index is 12.9. The Kier molecular flexibility index (Phi) is 5.61. The number of carbonyl (C=O) groups is 1. The van der Waals surface area contributed by atoms with Gasteiger partial charge in [-0.05, 0) is 43.4 Å². The van der Waals surface area contributed by atoms with Crippen LogP contribution in [-0.2, 0) is 4.79 Å². The molecule has 1 N–H and O–H groups in total. The average molecular weight is 384 g/mol. The fourth-order valence-electron chi connectivity index (χ4n) is 2.81. The molecule has 0 aromatic heterocycles. The van der Waals surface area contributed by atoms with Gasteiger partial charge in [-0.3, -0.25) is 9.69 Å². The Bertz CT molecular complexity index is 911. The zero-order valence-corrected chi connectivity index (χ0v) is 16.1. The van der Waals surface area contributed by atoms with Crippen LogP contribution >= 0.6 is 12.2 Å². The molecular weight excluding hydrogens is 364 g/mol. The van der Waals surface area contributed by atoms with E-state index in [0.717, 1.165) is 5.56 Å². The molecule has 0 spiro atoms. The number of nitrogens with zero attached hydrogens (tertiary/aromatic N) is 1. The number of anilines is 1. The van der Waals surface area contributed by atoms with Crippen molar-refractivity contribution in [1.29, 1.82) is 0 Å². The van der Waals surface area contributed by atoms with Crippen molar-refractivity contribution in [2.24, 2.45) is 0 Å². The Hall–Kier alpha value is -3.06. The zero-order chi connectivity index (χ0) is 19.4. The minimum absolute atomic E-state index is 0.253. The van der Waals surface area contributed by atoms with Crippen molar-refractivity contribution in [1.82, 2.24) is 5.32 Å². The third-order valence-corrected chi connectivity index (χ3v) is 4.29. The predicted molar refractivity (Wildman–Crippen MR) is 108 cm³/mol. The maximum atomic E-state index is 12.9. The van der Waals surface area contributed by atoms with Gasteiger partial charge < -0.3 is 19.5 Å². The van der Waals surface area contributed by atoms with Gasteiger partial charge in [0.1, 0.15) is 11.4 Å². The molecule has 1 saturated heterocycles. The molecule has 0 bridgehead atoms. The molecule has 6 nitrogen and oxygen atoms in total. The molecule has 140 valence electrons. The SMILES string of the molecule is CCOc1cccc(/C=C2\NC(=S)N(c3cccc(OC)c3)C2=O)c1OC. The summed E-state index contributed by atoms with van der Waals surface area (Å²) in [4.78, 5) is 14.4. The average Bonchev–Trinajstić information content (AvgIpc) is 2.95. The highest BCUT2D eigenvalue weighted by molar-refractivity contribution is 7.80. The van der Waals surface area contributed by atoms with Gasteiger partial charge >= 0.3 is 0 Å². The van der Waals surface area contributed by atoms with Crippen LogP contribution in [0, 0.1) is 0 Å². The second kappa shape index (κ2) is 8.09. The number of nitrogens with one attached hydrogen (secondary N) is 1. The summed E-state index contributed by atoms with van der Waals surface area (Å²) in [5.41, 5.74) is 1.71. The van der Waals surface area contributed by atoms with E-state index in [1.807, 2.05) is 25.1 Å². The van der Waals surface area contributed by atoms with Crippen LogP contribution in [0.1, 0.15) is 12.5 Å². The van der Waals surface area contributed by atoms with Crippen molar-refractivity contribution < 1.29 is 19.0 Å². The number of ether oxygens (including phenoxy) is 3. The minimum Gasteiger partial charge on any atom is -0.497 e. The first-order valence-electron chi connectivity index (χ1n) is 8.40. The van der Waals surface area contributed by atoms with E-state index in [0.29, 0.717) is 40.4 Å². The lowest BCUT2D eigenvalue weighted by Gasteiger charge is -2.14. The van der Waals surface area contributed by atoms with E-state index in [2.05, 4.69) is 5.32 Å². The summed E-state index contributed by atoms with van der Waals surface area (Å²) in [5.74, 6) is 1.57. The summed E-state index contributed by atoms with van der Waals surface area (Å²) < 4.78 is 16.3. The highest BCUT2D eigenvalue weighted by atomic mass is 32.1. The Morgan fingerprint density at radius 2 is 1.93 bits per heavy atom. The molecule has 0 aliphatic carbocycles. The molecule has 1 aliphatic heterocycles. The molecule has 2 aromatic carbocycles. The highest BCUT2D eigenvalue weighted by Gasteiger charge is 2.32. The van der Waals surface area contributed by atoms with Crippen molar-refractivity contribution in [3.05, 3.63) is 53.7 Å². The van der Waals surface area contributed by atoms with E-state index in [-0.39, 0.29) is 5.91 Å². The van der Waals surface area contributed by atoms with E-state index >= 15 is 0 Å². The van der Waals surface area contributed by atoms with Gasteiger partial charge in [0, 0.05) is 11.6 Å². The Labute approximate surface area is 163 Å². The van der Waals surface area contributed by atoms with Crippen LogP contribution in [-0.4, -0.2) is 31.8 Å². The lowest BCUT2D eigenvalue weighted by Crippen LogP contribution is -2.30. The van der Waals surface area contributed by atoms with Crippen LogP contribution in [0.4, 0.5) is 5.69 Å². The molecule has 1 aliphatic rings. The van der Waals surface area contributed by atoms with Crippen LogP contribution in [0.3, 0.4) is 0 Å². The predicted octanol–water partition coefficient (Wildman–Crippen LogP) is 3.36. The van der Waals surface area contributed by atoms with E-state index < -0.39 is 0 Å². The lowest BCUT2D eigenvalue weighted by molar-refractivity contribution is -0.113. The van der Waals surface area contributed by atoms with Crippen molar-refractivity contribution in [3.63, 3.8) is 0 Å². The van der Waals surface area contributed by atoms with Gasteiger partial charge in [-0.2, -0.15) is 0 Å². The number of hydrogen-bond acceptors (Lipinski definition) is 5. The Balaban J connectivity index is 1.96. The molecule has 27 heavy (non-hydrogen) atoms. The van der Waals surface area contributed by atoms with Gasteiger partial charge in [0.15, 0.2) is 16.6 Å². The van der Waals surface area contributed by atoms with E-state index in [1.165, 1.54) is 4.90 Å². The molecule has 1 fully saturated rings. The number of rotatable bonds is 6. The molecule has 0 radical (unpaired) electrons. The normalized spacial score (nSPS) is 15.1. The van der Waals surface area contributed by atoms with Crippen molar-refractivity contribution in [2.45, 2.75) is 6.92 Å². The van der Waals surface area contributed by atoms with E-state index in [4.69, 9.17) is 26.4 Å². The minimum atomic E-state index is -0.253. The lowest BCUT2D eigenvalue weighted by atomic mass is 10.1. The smallest absolute Gasteiger partial charge is 0.281 e. The molecule has 0 unspecified atom stereocenters. The largest absolute Gasteiger partial charge is 0.497 e. The van der Waals surface area contributed by atoms with Crippen LogP contribution in [0.25, 0.3) is 6.08 Å². The molecule has 0 saturated carbocycles. The maximum Gasteiger partial charge on any atom is 0.281 e. The standard InChI is InChI=1S/C20H20N2O4S/c1-4-26-17-10-5-7-13(18(17)25-3)11-16-19(23)22(20(27)21-16)14-8-6-9-15(12-14)24-2/h5-12H,4H2,1-3H3,(H,21,27)/b16-11-. The monoisotopic (exact) mass is 384 g/mol. The Morgan fingerprint density at radius 3 is 2.63 bits per heavy atom. The molecular formula is C20H20N2O4S. The summed E-state index contributed by atoms with van der Waals surface area (Å²) in [6, 6.07) is 12.7. The summed E-state index contributed by atoms with van der Waals surface area (Å²) >= 11 is 5.36. The topological polar surface area (TPSA) is 60.0 Å². The molecule has 3 rings (SSSR count). The van der Waals surface area contributed by atoms with Gasteiger partial charge in [-0.1, -0.05) is 18.2 Å². The summed E-state index contributed by atoms with van der Waals surface area (Å²) in [6.45, 7) is 2.42. The van der Waals surface area contributed by atoms with Crippen LogP contribution < -0.4 is 24.4 Å². The first kappa shape index (κ1) is 18.7. The fraction of sp³-hybridized carbons (Fsp3) is 0.200. The third kappa shape index (κ3) is 3.73. The summed E-state index contributed by atoms with van der Waals surface area (Å²) in [7, 11) is 3.14. The Morgan fingerprint density at radius 1 is 1.15 bits per heavy atom. The first-order valence-corrected chi connectivity index (χ1v) is 8.80. The molecule has 7 heteroatoms. The van der Waals surface area contributed by atoms with Gasteiger partial charge in [0.25, 0.3) is 5.91 Å². The molecule has 0 atom stereocenters. The summed E-state index contributed by atoms with van der Waals surface area (Å²) in [5, 5.41) is 3.28. The van der Waals surface area contributed by atoms with Gasteiger partial charge in [0.2, 0.25) is 0 Å². The van der Waals surface area contributed by atoms with Crippen molar-refractivity contribution >= 4 is 35.0 Å². The number of para-hydroxylation sites is 1. The quantitative estimate of drug-likeness (QED) is 0.609. The van der Waals surface area contributed by atoms with Gasteiger partial charge in [-0.15, -0.1) is 0 Å². The van der Waals surface area contributed by atoms with Crippen LogP contribution in [0.5, 0.6) is 17.2 Å². The molecule has 1 amide bonds. The van der Waals surface area contributed by atoms with Gasteiger partial charge in [-0.25, -0.2) is 0 Å². The van der Waals surface area contributed by atoms with Crippen LogP contribution in [0.15, 0.2) is 48.2 Å². The number of benzene rings is 2. The number of methoxy groups -OCH3 is 2. The fourth-order valence-corrected chi connectivity index (χ4v) is 3.11. The van der Waals surface area contributed by atoms with Crippen LogP contribution in [0.2, 0.25) is 0 Å². The number of thiocarbonyl (C=S) groups is 1. The van der Waals surface area contributed by atoms with Crippen molar-refractivity contribution in [3.8, 4) is 17.2 Å². The molecule has 1 heterocycles. The number of carbonyl (C=O) groups excluding carboxylic acids is 1. The van der Waals surface area contributed by atoms with E-state index in [1.54, 1.807) is 44.6 Å². The zero-order valence-electron chi connectivity index (χ0n) is 15.3. The third-order valence-electron chi connectivity index (χ3n) is 4.00. The second-order valence-electron chi connectivity index (χ2n) is 5.64. The van der Waals surface area contributed by atoms with Crippen molar-refractivity contribution in [2.75, 3.05) is 25.7 Å². The second-order valence-corrected chi connectivity index (χ2v) is 6.03. The summed E-state index contributed by atoms with van der Waals surface area (Å²) in [6.07, 6.45) is 1.70. The first-order chi connectivity index (χ1) is 13.1. The molecule has 2 aromatic rings. The number of hydrogen-bond donors (Lipinski definition) is 1. The number of amides is 1. The highest BCUT2D eigenvalue weighted by Crippen LogP contribution is 2.33. The van der Waals surface area contributed by atoms with E-state index in [9.17, 15) is 4.79 Å². The van der Waals surface area contributed by atoms with Gasteiger partial charge in [0.05, 0.1) is 26.5 Å².